The summed E-state index contributed by atoms with van der Waals surface area (Å²) >= 11 is 7.68. The van der Waals surface area contributed by atoms with Gasteiger partial charge in [0.2, 0.25) is 0 Å². The smallest absolute Gasteiger partial charge is 0.268 e. The Labute approximate surface area is 131 Å². The number of thiophene rings is 1. The number of carbonyl (C=O) groups excluding carboxylic acids is 1. The van der Waals surface area contributed by atoms with Crippen LogP contribution in [0.15, 0.2) is 30.3 Å². The van der Waals surface area contributed by atoms with Crippen molar-refractivity contribution in [3.05, 3.63) is 45.9 Å². The predicted octanol–water partition coefficient (Wildman–Crippen LogP) is 4.65. The predicted molar refractivity (Wildman–Crippen MR) is 87.5 cm³/mol. The molecule has 0 bridgehead atoms. The summed E-state index contributed by atoms with van der Waals surface area (Å²) in [6.45, 7) is 4.12. The average Bonchev–Trinajstić information content (AvgIpc) is 3.05. The van der Waals surface area contributed by atoms with E-state index >= 15 is 0 Å². The summed E-state index contributed by atoms with van der Waals surface area (Å²) in [5.74, 6) is 0.608. The van der Waals surface area contributed by atoms with Crippen LogP contribution in [0.25, 0.3) is 10.1 Å². The maximum Gasteiger partial charge on any atom is 0.268 e. The summed E-state index contributed by atoms with van der Waals surface area (Å²) in [4.78, 5) is 12.9. The maximum absolute atomic E-state index is 12.3. The Morgan fingerprint density at radius 3 is 2.81 bits per heavy atom. The highest BCUT2D eigenvalue weighted by Gasteiger charge is 2.18. The fraction of sp³-hybridized carbons (Fsp3) is 0.200. The Hall–Kier alpha value is -1.85. The Morgan fingerprint density at radius 1 is 1.38 bits per heavy atom. The van der Waals surface area contributed by atoms with E-state index in [-0.39, 0.29) is 5.91 Å². The highest BCUT2D eigenvalue weighted by atomic mass is 35.5. The van der Waals surface area contributed by atoms with Gasteiger partial charge in [-0.05, 0) is 12.0 Å². The van der Waals surface area contributed by atoms with E-state index in [1.807, 2.05) is 30.3 Å². The van der Waals surface area contributed by atoms with Crippen LogP contribution in [-0.4, -0.2) is 16.1 Å². The van der Waals surface area contributed by atoms with Crippen LogP contribution in [0.4, 0.5) is 5.82 Å². The number of hydrogen-bond acceptors (Lipinski definition) is 3. The summed E-state index contributed by atoms with van der Waals surface area (Å²) < 4.78 is 0.998. The third kappa shape index (κ3) is 2.66. The molecule has 4 nitrogen and oxygen atoms in total. The van der Waals surface area contributed by atoms with Gasteiger partial charge in [-0.1, -0.05) is 43.6 Å². The van der Waals surface area contributed by atoms with Crippen molar-refractivity contribution in [1.82, 2.24) is 10.2 Å². The molecular weight excluding hydrogens is 306 g/mol. The largest absolute Gasteiger partial charge is 0.304 e. The summed E-state index contributed by atoms with van der Waals surface area (Å²) in [6.07, 6.45) is 0. The van der Waals surface area contributed by atoms with E-state index in [0.29, 0.717) is 21.6 Å². The van der Waals surface area contributed by atoms with Gasteiger partial charge in [-0.3, -0.25) is 9.89 Å². The number of H-pyrrole nitrogens is 1. The Bertz CT molecular complexity index is 806. The van der Waals surface area contributed by atoms with E-state index < -0.39 is 0 Å². The van der Waals surface area contributed by atoms with Crippen molar-refractivity contribution in [2.75, 3.05) is 5.32 Å². The summed E-state index contributed by atoms with van der Waals surface area (Å²) in [5.41, 5.74) is 0.979. The van der Waals surface area contributed by atoms with Gasteiger partial charge in [-0.2, -0.15) is 5.10 Å². The number of halogens is 1. The number of anilines is 1. The van der Waals surface area contributed by atoms with E-state index in [4.69, 9.17) is 11.6 Å². The minimum atomic E-state index is -0.233. The summed E-state index contributed by atoms with van der Waals surface area (Å²) in [7, 11) is 0. The monoisotopic (exact) mass is 319 g/mol. The molecule has 0 fully saturated rings. The topological polar surface area (TPSA) is 57.8 Å². The molecule has 0 aliphatic heterocycles. The molecule has 2 aromatic heterocycles. The summed E-state index contributed by atoms with van der Waals surface area (Å²) in [6, 6.07) is 9.54. The number of fused-ring (bicyclic) bond motifs is 1. The molecule has 21 heavy (non-hydrogen) atoms. The Morgan fingerprint density at radius 2 is 2.14 bits per heavy atom. The van der Waals surface area contributed by atoms with Gasteiger partial charge >= 0.3 is 0 Å². The van der Waals surface area contributed by atoms with Crippen LogP contribution in [0.2, 0.25) is 5.02 Å². The molecule has 0 saturated carbocycles. The molecule has 0 unspecified atom stereocenters. The molecule has 1 aromatic carbocycles. The molecule has 108 valence electrons. The lowest BCUT2D eigenvalue weighted by Crippen LogP contribution is -2.10. The molecule has 0 atom stereocenters. The van der Waals surface area contributed by atoms with Gasteiger partial charge in [-0.15, -0.1) is 11.3 Å². The van der Waals surface area contributed by atoms with Crippen molar-refractivity contribution in [2.45, 2.75) is 19.8 Å². The zero-order valence-corrected chi connectivity index (χ0v) is 13.2. The van der Waals surface area contributed by atoms with Crippen molar-refractivity contribution >= 4 is 44.7 Å². The molecule has 0 aliphatic rings. The number of nitrogens with zero attached hydrogens (tertiary/aromatic N) is 1. The quantitative estimate of drug-likeness (QED) is 0.738. The second kappa shape index (κ2) is 5.50. The Kier molecular flexibility index (Phi) is 3.69. The average molecular weight is 320 g/mol. The van der Waals surface area contributed by atoms with E-state index in [2.05, 4.69) is 29.4 Å². The van der Waals surface area contributed by atoms with Crippen molar-refractivity contribution < 1.29 is 4.79 Å². The molecule has 3 aromatic rings. The first-order valence-electron chi connectivity index (χ1n) is 6.60. The van der Waals surface area contributed by atoms with Crippen LogP contribution in [0.3, 0.4) is 0 Å². The first-order chi connectivity index (χ1) is 10.1. The normalized spacial score (nSPS) is 11.2. The lowest BCUT2D eigenvalue weighted by atomic mass is 10.1. The van der Waals surface area contributed by atoms with Crippen molar-refractivity contribution in [2.24, 2.45) is 0 Å². The second-order valence-corrected chi connectivity index (χ2v) is 6.49. The molecule has 6 heteroatoms. The van der Waals surface area contributed by atoms with Gasteiger partial charge in [0.05, 0.1) is 5.02 Å². The molecule has 0 spiro atoms. The number of carbonyl (C=O) groups is 1. The molecule has 2 heterocycles. The zero-order chi connectivity index (χ0) is 15.0. The second-order valence-electron chi connectivity index (χ2n) is 5.06. The van der Waals surface area contributed by atoms with Crippen molar-refractivity contribution in [3.63, 3.8) is 0 Å². The summed E-state index contributed by atoms with van der Waals surface area (Å²) in [5, 5.41) is 11.2. The molecule has 0 radical (unpaired) electrons. The van der Waals surface area contributed by atoms with Gasteiger partial charge < -0.3 is 5.32 Å². The third-order valence-electron chi connectivity index (χ3n) is 3.20. The van der Waals surface area contributed by atoms with E-state index in [0.717, 1.165) is 15.8 Å². The molecule has 0 saturated heterocycles. The van der Waals surface area contributed by atoms with Crippen molar-refractivity contribution in [3.8, 4) is 0 Å². The van der Waals surface area contributed by atoms with Crippen LogP contribution in [0.1, 0.15) is 35.1 Å². The number of nitrogens with one attached hydrogen (secondary N) is 2. The number of rotatable bonds is 3. The Balaban J connectivity index is 1.88. The fourth-order valence-electron chi connectivity index (χ4n) is 2.03. The molecule has 2 N–H and O–H groups in total. The number of aromatic nitrogens is 2. The highest BCUT2D eigenvalue weighted by molar-refractivity contribution is 7.21. The van der Waals surface area contributed by atoms with E-state index in [1.54, 1.807) is 0 Å². The minimum absolute atomic E-state index is 0.233. The zero-order valence-electron chi connectivity index (χ0n) is 11.6. The van der Waals surface area contributed by atoms with E-state index in [1.165, 1.54) is 11.3 Å². The maximum atomic E-state index is 12.3. The molecule has 3 rings (SSSR count). The number of benzene rings is 1. The SMILES string of the molecule is CC(C)c1cc(NC(=O)c2sc3ccccc3c2Cl)n[nH]1. The lowest BCUT2D eigenvalue weighted by Gasteiger charge is -1.99. The van der Waals surface area contributed by atoms with Crippen LogP contribution >= 0.6 is 22.9 Å². The van der Waals surface area contributed by atoms with Gasteiger partial charge in [0, 0.05) is 21.8 Å². The fourth-order valence-corrected chi connectivity index (χ4v) is 3.44. The number of hydrogen-bond donors (Lipinski definition) is 2. The molecular formula is C15H14ClN3OS. The first kappa shape index (κ1) is 14.1. The van der Waals surface area contributed by atoms with Gasteiger partial charge in [-0.25, -0.2) is 0 Å². The van der Waals surface area contributed by atoms with Crippen LogP contribution in [-0.2, 0) is 0 Å². The standard InChI is InChI=1S/C15H14ClN3OS/c1-8(2)10-7-12(19-18-10)17-15(20)14-13(16)9-5-3-4-6-11(9)21-14/h3-8H,1-2H3,(H2,17,18,19,20). The minimum Gasteiger partial charge on any atom is -0.304 e. The first-order valence-corrected chi connectivity index (χ1v) is 7.79. The number of aromatic amines is 1. The van der Waals surface area contributed by atoms with Gasteiger partial charge in [0.1, 0.15) is 4.88 Å². The number of amides is 1. The van der Waals surface area contributed by atoms with Crippen LogP contribution < -0.4 is 5.32 Å². The van der Waals surface area contributed by atoms with E-state index in [9.17, 15) is 4.79 Å². The third-order valence-corrected chi connectivity index (χ3v) is 4.88. The highest BCUT2D eigenvalue weighted by Crippen LogP contribution is 2.35. The molecule has 0 aliphatic carbocycles. The lowest BCUT2D eigenvalue weighted by molar-refractivity contribution is 0.103. The van der Waals surface area contributed by atoms with Gasteiger partial charge in [0.15, 0.2) is 5.82 Å². The molecule has 1 amide bonds. The van der Waals surface area contributed by atoms with Crippen LogP contribution in [0.5, 0.6) is 0 Å². The van der Waals surface area contributed by atoms with Gasteiger partial charge in [0.25, 0.3) is 5.91 Å². The van der Waals surface area contributed by atoms with Crippen LogP contribution in [0, 0.1) is 0 Å². The van der Waals surface area contributed by atoms with Crippen molar-refractivity contribution in [1.29, 1.82) is 0 Å².